The van der Waals surface area contributed by atoms with Crippen LogP contribution >= 0.6 is 62.5 Å². The second-order valence-electron chi connectivity index (χ2n) is 5.33. The van der Waals surface area contributed by atoms with Crippen LogP contribution in [-0.2, 0) is 11.3 Å². The molecule has 0 radical (unpaired) electrons. The number of benzene rings is 2. The molecule has 134 valence electrons. The van der Waals surface area contributed by atoms with Gasteiger partial charge in [0.1, 0.15) is 5.75 Å². The Morgan fingerprint density at radius 1 is 1.12 bits per heavy atom. The van der Waals surface area contributed by atoms with Gasteiger partial charge < -0.3 is 5.11 Å². The zero-order valence-corrected chi connectivity index (χ0v) is 17.5. The molecule has 0 unspecified atom stereocenters. The van der Waals surface area contributed by atoms with Crippen molar-refractivity contribution in [3.63, 3.8) is 0 Å². The molecule has 9 heteroatoms. The fourth-order valence-corrected chi connectivity index (χ4v) is 4.43. The van der Waals surface area contributed by atoms with Crippen molar-refractivity contribution in [2.45, 2.75) is 6.54 Å². The van der Waals surface area contributed by atoms with Gasteiger partial charge >= 0.3 is 0 Å². The zero-order chi connectivity index (χ0) is 19.0. The third-order valence-corrected chi connectivity index (χ3v) is 5.80. The smallest absolute Gasteiger partial charge is 0.293 e. The van der Waals surface area contributed by atoms with Crippen LogP contribution in [0.1, 0.15) is 11.1 Å². The van der Waals surface area contributed by atoms with Gasteiger partial charge in [-0.3, -0.25) is 14.5 Å². The first-order valence-electron chi connectivity index (χ1n) is 7.13. The summed E-state index contributed by atoms with van der Waals surface area (Å²) in [5.74, 6) is -0.635. The van der Waals surface area contributed by atoms with Crippen molar-refractivity contribution in [2.75, 3.05) is 0 Å². The number of phenols is 1. The van der Waals surface area contributed by atoms with Gasteiger partial charge in [-0.05, 0) is 47.7 Å². The number of carbonyl (C=O) groups excluding carboxylic acids is 2. The quantitative estimate of drug-likeness (QED) is 0.506. The summed E-state index contributed by atoms with van der Waals surface area (Å²) in [7, 11) is 0. The number of thioether (sulfide) groups is 1. The number of phenolic OH excluding ortho intramolecular Hbond substituents is 1. The molecule has 26 heavy (non-hydrogen) atoms. The summed E-state index contributed by atoms with van der Waals surface area (Å²) >= 11 is 22.0. The van der Waals surface area contributed by atoms with Crippen LogP contribution in [0, 0.1) is 0 Å². The number of rotatable bonds is 3. The average Bonchev–Trinajstić information content (AvgIpc) is 2.82. The van der Waals surface area contributed by atoms with E-state index in [9.17, 15) is 14.7 Å². The van der Waals surface area contributed by atoms with E-state index in [0.29, 0.717) is 25.6 Å². The van der Waals surface area contributed by atoms with Crippen molar-refractivity contribution in [2.24, 2.45) is 0 Å². The summed E-state index contributed by atoms with van der Waals surface area (Å²) in [6.45, 7) is 0.0310. The van der Waals surface area contributed by atoms with E-state index >= 15 is 0 Å². The second-order valence-corrected chi connectivity index (χ2v) is 8.49. The van der Waals surface area contributed by atoms with Gasteiger partial charge in [0.25, 0.3) is 11.1 Å². The number of aromatic hydroxyl groups is 1. The Morgan fingerprint density at radius 2 is 1.85 bits per heavy atom. The van der Waals surface area contributed by atoms with E-state index in [1.165, 1.54) is 12.1 Å². The van der Waals surface area contributed by atoms with E-state index < -0.39 is 11.1 Å². The molecule has 0 atom stereocenters. The van der Waals surface area contributed by atoms with Crippen LogP contribution in [0.3, 0.4) is 0 Å². The Kier molecular flexibility index (Phi) is 5.89. The predicted octanol–water partition coefficient (Wildman–Crippen LogP) is 6.35. The van der Waals surface area contributed by atoms with Gasteiger partial charge in [-0.2, -0.15) is 0 Å². The fourth-order valence-electron chi connectivity index (χ4n) is 2.29. The van der Waals surface area contributed by atoms with Crippen LogP contribution in [0.2, 0.25) is 15.1 Å². The molecule has 0 bridgehead atoms. The van der Waals surface area contributed by atoms with E-state index in [1.54, 1.807) is 24.3 Å². The lowest BCUT2D eigenvalue weighted by molar-refractivity contribution is -0.123. The van der Waals surface area contributed by atoms with Crippen molar-refractivity contribution >= 4 is 79.7 Å². The largest absolute Gasteiger partial charge is 0.506 e. The van der Waals surface area contributed by atoms with Crippen molar-refractivity contribution in [3.8, 4) is 5.75 Å². The van der Waals surface area contributed by atoms with Crippen molar-refractivity contribution in [1.82, 2.24) is 4.90 Å². The summed E-state index contributed by atoms with van der Waals surface area (Å²) in [4.78, 5) is 26.1. The summed E-state index contributed by atoms with van der Waals surface area (Å²) in [6, 6.07) is 7.99. The SMILES string of the molecule is O=C1S/C(=C\c2cc(Br)cc(Cl)c2O)C(=O)N1Cc1ccc(Cl)cc1Cl. The lowest BCUT2D eigenvalue weighted by atomic mass is 10.1. The predicted molar refractivity (Wildman–Crippen MR) is 109 cm³/mol. The number of hydrogen-bond acceptors (Lipinski definition) is 4. The second kappa shape index (κ2) is 7.82. The van der Waals surface area contributed by atoms with Crippen molar-refractivity contribution in [1.29, 1.82) is 0 Å². The molecule has 1 aliphatic heterocycles. The van der Waals surface area contributed by atoms with Crippen molar-refractivity contribution < 1.29 is 14.7 Å². The lowest BCUT2D eigenvalue weighted by Gasteiger charge is -2.13. The Hall–Kier alpha value is -1.18. The van der Waals surface area contributed by atoms with Gasteiger partial charge in [-0.15, -0.1) is 0 Å². The maximum atomic E-state index is 12.6. The van der Waals surface area contributed by atoms with Gasteiger partial charge in [-0.25, -0.2) is 0 Å². The van der Waals surface area contributed by atoms with Gasteiger partial charge in [0.2, 0.25) is 0 Å². The summed E-state index contributed by atoms with van der Waals surface area (Å²) in [5.41, 5.74) is 0.937. The maximum absolute atomic E-state index is 12.6. The molecule has 0 aromatic heterocycles. The van der Waals surface area contributed by atoms with E-state index in [2.05, 4.69) is 15.9 Å². The Labute approximate surface area is 176 Å². The van der Waals surface area contributed by atoms with E-state index in [-0.39, 0.29) is 22.2 Å². The minimum atomic E-state index is -0.471. The Balaban J connectivity index is 1.89. The number of nitrogens with zero attached hydrogens (tertiary/aromatic N) is 1. The highest BCUT2D eigenvalue weighted by molar-refractivity contribution is 9.10. The maximum Gasteiger partial charge on any atom is 0.293 e. The van der Waals surface area contributed by atoms with Crippen LogP contribution in [-0.4, -0.2) is 21.2 Å². The molecular formula is C17H9BrCl3NO3S. The number of hydrogen-bond donors (Lipinski definition) is 1. The standard InChI is InChI=1S/C17H9BrCl3NO3S/c18-10-3-9(15(23)13(21)5-10)4-14-16(24)22(17(25)26-14)7-8-1-2-11(19)6-12(8)20/h1-6,23H,7H2/b14-4-. The Morgan fingerprint density at radius 3 is 2.54 bits per heavy atom. The molecule has 1 N–H and O–H groups in total. The minimum Gasteiger partial charge on any atom is -0.506 e. The van der Waals surface area contributed by atoms with Crippen LogP contribution in [0.15, 0.2) is 39.7 Å². The number of amides is 2. The first-order chi connectivity index (χ1) is 12.3. The molecule has 4 nitrogen and oxygen atoms in total. The summed E-state index contributed by atoms with van der Waals surface area (Å²) in [6.07, 6.45) is 1.43. The molecule has 1 heterocycles. The highest BCUT2D eigenvalue weighted by Crippen LogP contribution is 2.38. The fraction of sp³-hybridized carbons (Fsp3) is 0.0588. The molecule has 2 amide bonds. The van der Waals surface area contributed by atoms with Crippen LogP contribution in [0.4, 0.5) is 4.79 Å². The molecule has 0 saturated carbocycles. The number of imide groups is 1. The van der Waals surface area contributed by atoms with Gasteiger partial charge in [0, 0.05) is 20.1 Å². The van der Waals surface area contributed by atoms with Crippen LogP contribution in [0.5, 0.6) is 5.75 Å². The topological polar surface area (TPSA) is 57.6 Å². The first kappa shape index (κ1) is 19.6. The monoisotopic (exact) mass is 491 g/mol. The average molecular weight is 494 g/mol. The molecule has 0 spiro atoms. The summed E-state index contributed by atoms with van der Waals surface area (Å²) < 4.78 is 0.638. The minimum absolute atomic E-state index is 0.0310. The van der Waals surface area contributed by atoms with Gasteiger partial charge in [0.15, 0.2) is 0 Å². The molecular weight excluding hydrogens is 485 g/mol. The van der Waals surface area contributed by atoms with E-state index in [4.69, 9.17) is 34.8 Å². The number of carbonyl (C=O) groups is 2. The van der Waals surface area contributed by atoms with Crippen LogP contribution < -0.4 is 0 Å². The first-order valence-corrected chi connectivity index (χ1v) is 9.88. The molecule has 1 aliphatic rings. The highest BCUT2D eigenvalue weighted by Gasteiger charge is 2.35. The Bertz CT molecular complexity index is 965. The third kappa shape index (κ3) is 4.05. The molecule has 1 saturated heterocycles. The van der Waals surface area contributed by atoms with Crippen molar-refractivity contribution in [3.05, 3.63) is 65.9 Å². The molecule has 0 aliphatic carbocycles. The van der Waals surface area contributed by atoms with E-state index in [1.807, 2.05) is 0 Å². The normalized spacial score (nSPS) is 16.0. The highest BCUT2D eigenvalue weighted by atomic mass is 79.9. The van der Waals surface area contributed by atoms with E-state index in [0.717, 1.165) is 16.7 Å². The summed E-state index contributed by atoms with van der Waals surface area (Å²) in [5, 5.41) is 10.6. The molecule has 3 rings (SSSR count). The molecule has 2 aromatic rings. The molecule has 1 fully saturated rings. The van der Waals surface area contributed by atoms with Crippen LogP contribution in [0.25, 0.3) is 6.08 Å². The third-order valence-electron chi connectivity index (χ3n) is 3.56. The lowest BCUT2D eigenvalue weighted by Crippen LogP contribution is -2.27. The zero-order valence-electron chi connectivity index (χ0n) is 12.8. The van der Waals surface area contributed by atoms with Gasteiger partial charge in [-0.1, -0.05) is 56.8 Å². The molecule has 2 aromatic carbocycles. The van der Waals surface area contributed by atoms with Gasteiger partial charge in [0.05, 0.1) is 16.5 Å². The number of halogens is 4.